The lowest BCUT2D eigenvalue weighted by molar-refractivity contribution is -0.136. The van der Waals surface area contributed by atoms with Crippen LogP contribution in [0.15, 0.2) is 6.20 Å². The molecule has 0 saturated heterocycles. The van der Waals surface area contributed by atoms with Crippen molar-refractivity contribution in [2.24, 2.45) is 0 Å². The monoisotopic (exact) mass is 201 g/mol. The van der Waals surface area contributed by atoms with E-state index in [1.165, 1.54) is 0 Å². The third-order valence-electron chi connectivity index (χ3n) is 1.44. The fourth-order valence-corrected chi connectivity index (χ4v) is 1.24. The maximum absolute atomic E-state index is 10.3. The molecule has 0 aliphatic rings. The molecule has 0 fully saturated rings. The van der Waals surface area contributed by atoms with Gasteiger partial charge in [0.1, 0.15) is 0 Å². The van der Waals surface area contributed by atoms with Gasteiger partial charge in [0.2, 0.25) is 0 Å². The molecule has 0 amide bonds. The highest BCUT2D eigenvalue weighted by Gasteiger charge is 2.04. The van der Waals surface area contributed by atoms with Gasteiger partial charge in [-0.1, -0.05) is 5.21 Å². The van der Waals surface area contributed by atoms with Gasteiger partial charge in [0.05, 0.1) is 18.7 Å². The Bertz CT molecular complexity index is 287. The second-order valence-electron chi connectivity index (χ2n) is 2.54. The number of aromatic nitrogens is 3. The minimum atomic E-state index is -0.878. The van der Waals surface area contributed by atoms with Crippen molar-refractivity contribution in [2.75, 3.05) is 12.0 Å². The number of carboxylic acid groups (broad SMARTS) is 1. The zero-order valence-corrected chi connectivity index (χ0v) is 8.12. The van der Waals surface area contributed by atoms with Crippen LogP contribution in [-0.2, 0) is 17.8 Å². The van der Waals surface area contributed by atoms with Gasteiger partial charge in [-0.05, 0) is 6.26 Å². The van der Waals surface area contributed by atoms with Crippen LogP contribution in [-0.4, -0.2) is 38.1 Å². The van der Waals surface area contributed by atoms with Crippen molar-refractivity contribution in [3.63, 3.8) is 0 Å². The molecule has 0 saturated carbocycles. The normalized spacial score (nSPS) is 10.2. The van der Waals surface area contributed by atoms with Crippen molar-refractivity contribution in [3.05, 3.63) is 11.9 Å². The molecule has 1 rings (SSSR count). The third-order valence-corrected chi connectivity index (χ3v) is 2.03. The Balaban J connectivity index is 2.48. The van der Waals surface area contributed by atoms with Crippen LogP contribution in [0.4, 0.5) is 0 Å². The van der Waals surface area contributed by atoms with Crippen molar-refractivity contribution in [3.8, 4) is 0 Å². The highest BCUT2D eigenvalue weighted by molar-refractivity contribution is 7.98. The van der Waals surface area contributed by atoms with E-state index in [1.54, 1.807) is 22.6 Å². The molecule has 6 heteroatoms. The summed E-state index contributed by atoms with van der Waals surface area (Å²) >= 11 is 1.71. The van der Waals surface area contributed by atoms with Crippen molar-refractivity contribution in [1.29, 1.82) is 0 Å². The minimum Gasteiger partial charge on any atom is -0.481 e. The molecule has 72 valence electrons. The molecule has 1 heterocycles. The van der Waals surface area contributed by atoms with Crippen molar-refractivity contribution in [1.82, 2.24) is 15.0 Å². The fourth-order valence-electron chi connectivity index (χ4n) is 0.869. The van der Waals surface area contributed by atoms with E-state index in [0.717, 1.165) is 12.3 Å². The molecule has 1 aromatic heterocycles. The van der Waals surface area contributed by atoms with E-state index in [1.807, 2.05) is 6.26 Å². The number of thioether (sulfide) groups is 1. The highest BCUT2D eigenvalue weighted by Crippen LogP contribution is 1.97. The van der Waals surface area contributed by atoms with Crippen LogP contribution in [0.3, 0.4) is 0 Å². The molecule has 1 aromatic rings. The molecule has 0 aromatic carbocycles. The van der Waals surface area contributed by atoms with Gasteiger partial charge in [-0.15, -0.1) is 5.10 Å². The second-order valence-corrected chi connectivity index (χ2v) is 3.52. The van der Waals surface area contributed by atoms with E-state index in [4.69, 9.17) is 5.11 Å². The molecule has 0 unspecified atom stereocenters. The second kappa shape index (κ2) is 4.86. The standard InChI is InChI=1S/C7H11N3O2S/c1-13-3-2-10-5-6(8-9-10)4-7(11)12/h5H,2-4H2,1H3,(H,11,12). The minimum absolute atomic E-state index is 0.0563. The van der Waals surface area contributed by atoms with Gasteiger partial charge in [-0.25, -0.2) is 0 Å². The van der Waals surface area contributed by atoms with Gasteiger partial charge >= 0.3 is 5.97 Å². The number of aliphatic carboxylic acids is 1. The molecule has 0 bridgehead atoms. The van der Waals surface area contributed by atoms with E-state index in [-0.39, 0.29) is 6.42 Å². The fraction of sp³-hybridized carbons (Fsp3) is 0.571. The molecule has 0 atom stereocenters. The van der Waals surface area contributed by atoms with Crippen LogP contribution in [0.5, 0.6) is 0 Å². The Morgan fingerprint density at radius 3 is 3.15 bits per heavy atom. The lowest BCUT2D eigenvalue weighted by Gasteiger charge is -1.94. The Morgan fingerprint density at radius 1 is 1.77 bits per heavy atom. The zero-order valence-electron chi connectivity index (χ0n) is 7.30. The molecule has 1 N–H and O–H groups in total. The average Bonchev–Trinajstić information content (AvgIpc) is 2.48. The smallest absolute Gasteiger partial charge is 0.309 e. The molecular weight excluding hydrogens is 190 g/mol. The van der Waals surface area contributed by atoms with Gasteiger partial charge in [-0.2, -0.15) is 11.8 Å². The van der Waals surface area contributed by atoms with Crippen molar-refractivity contribution >= 4 is 17.7 Å². The molecule has 0 aliphatic heterocycles. The maximum Gasteiger partial charge on any atom is 0.309 e. The Hall–Kier alpha value is -1.04. The summed E-state index contributed by atoms with van der Waals surface area (Å²) in [6.07, 6.45) is 3.62. The first-order chi connectivity index (χ1) is 6.22. The topological polar surface area (TPSA) is 68.0 Å². The lowest BCUT2D eigenvalue weighted by Crippen LogP contribution is -2.01. The number of rotatable bonds is 5. The van der Waals surface area contributed by atoms with Gasteiger partial charge < -0.3 is 5.11 Å². The largest absolute Gasteiger partial charge is 0.481 e. The first kappa shape index (κ1) is 10.0. The summed E-state index contributed by atoms with van der Waals surface area (Å²) in [5.41, 5.74) is 0.508. The summed E-state index contributed by atoms with van der Waals surface area (Å²) in [6, 6.07) is 0. The van der Waals surface area contributed by atoms with Gasteiger partial charge in [-0.3, -0.25) is 9.48 Å². The van der Waals surface area contributed by atoms with Crippen molar-refractivity contribution in [2.45, 2.75) is 13.0 Å². The lowest BCUT2D eigenvalue weighted by atomic mass is 10.3. The third kappa shape index (κ3) is 3.45. The summed E-state index contributed by atoms with van der Waals surface area (Å²) in [5.74, 6) is 0.0764. The van der Waals surface area contributed by atoms with E-state index in [9.17, 15) is 4.79 Å². The molecule has 0 aliphatic carbocycles. The first-order valence-corrected chi connectivity index (χ1v) is 5.21. The molecule has 13 heavy (non-hydrogen) atoms. The number of aryl methyl sites for hydroxylation is 1. The molecule has 0 spiro atoms. The van der Waals surface area contributed by atoms with Crippen LogP contribution in [0.2, 0.25) is 0 Å². The number of carbonyl (C=O) groups is 1. The molecule has 5 nitrogen and oxygen atoms in total. The summed E-state index contributed by atoms with van der Waals surface area (Å²) < 4.78 is 1.66. The molecular formula is C7H11N3O2S. The quantitative estimate of drug-likeness (QED) is 0.740. The number of hydrogen-bond donors (Lipinski definition) is 1. The van der Waals surface area contributed by atoms with E-state index in [2.05, 4.69) is 10.3 Å². The van der Waals surface area contributed by atoms with Gasteiger partial charge in [0.15, 0.2) is 0 Å². The van der Waals surface area contributed by atoms with Crippen molar-refractivity contribution < 1.29 is 9.90 Å². The van der Waals surface area contributed by atoms with Crippen LogP contribution in [0.1, 0.15) is 5.69 Å². The van der Waals surface area contributed by atoms with Crippen LogP contribution >= 0.6 is 11.8 Å². The van der Waals surface area contributed by atoms with E-state index >= 15 is 0 Å². The van der Waals surface area contributed by atoms with E-state index < -0.39 is 5.97 Å². The number of carboxylic acids is 1. The summed E-state index contributed by atoms with van der Waals surface area (Å²) in [4.78, 5) is 10.3. The first-order valence-electron chi connectivity index (χ1n) is 3.82. The van der Waals surface area contributed by atoms with E-state index in [0.29, 0.717) is 5.69 Å². The Labute approximate surface area is 80.1 Å². The number of nitrogens with zero attached hydrogens (tertiary/aromatic N) is 3. The Morgan fingerprint density at radius 2 is 2.54 bits per heavy atom. The van der Waals surface area contributed by atoms with Crippen LogP contribution in [0.25, 0.3) is 0 Å². The van der Waals surface area contributed by atoms with Crippen LogP contribution in [0, 0.1) is 0 Å². The van der Waals surface area contributed by atoms with Gasteiger partial charge in [0, 0.05) is 11.9 Å². The molecule has 0 radical (unpaired) electrons. The summed E-state index contributed by atoms with van der Waals surface area (Å²) in [7, 11) is 0. The summed E-state index contributed by atoms with van der Waals surface area (Å²) in [6.45, 7) is 0.772. The predicted octanol–water partition coefficient (Wildman–Crippen LogP) is 0.268. The predicted molar refractivity (Wildman–Crippen MR) is 49.7 cm³/mol. The van der Waals surface area contributed by atoms with Crippen LogP contribution < -0.4 is 0 Å². The number of hydrogen-bond acceptors (Lipinski definition) is 4. The zero-order chi connectivity index (χ0) is 9.68. The highest BCUT2D eigenvalue weighted by atomic mass is 32.2. The van der Waals surface area contributed by atoms with Gasteiger partial charge in [0.25, 0.3) is 0 Å². The maximum atomic E-state index is 10.3. The average molecular weight is 201 g/mol. The summed E-state index contributed by atoms with van der Waals surface area (Å²) in [5, 5.41) is 16.0. The Kier molecular flexibility index (Phi) is 3.75. The SMILES string of the molecule is CSCCn1cc(CC(=O)O)nn1.